The lowest BCUT2D eigenvalue weighted by Crippen LogP contribution is -2.43. The van der Waals surface area contributed by atoms with E-state index < -0.39 is 36.2 Å². The number of aromatic nitrogens is 6. The van der Waals surface area contributed by atoms with Crippen molar-refractivity contribution in [2.45, 2.75) is 43.9 Å². The van der Waals surface area contributed by atoms with Crippen molar-refractivity contribution in [1.82, 2.24) is 50.6 Å². The van der Waals surface area contributed by atoms with Crippen LogP contribution in [-0.2, 0) is 14.3 Å². The number of imidazole rings is 2. The number of aromatic amines is 2. The van der Waals surface area contributed by atoms with E-state index >= 15 is 0 Å². The number of carboxylic acid groups (broad SMARTS) is 1. The van der Waals surface area contributed by atoms with Gasteiger partial charge >= 0.3 is 12.2 Å². The molecule has 0 spiro atoms. The molecule has 296 valence electrons. The molecular weight excluding hydrogens is 741 g/mol. The highest BCUT2D eigenvalue weighted by atomic mass is 16.5. The maximum Gasteiger partial charge on any atom is 0.407 e. The van der Waals surface area contributed by atoms with Crippen LogP contribution in [0.1, 0.15) is 66.7 Å². The van der Waals surface area contributed by atoms with Crippen LogP contribution in [0, 0.1) is 0 Å². The topological polar surface area (TPSA) is 211 Å². The summed E-state index contributed by atoms with van der Waals surface area (Å²) in [6, 6.07) is 26.5. The number of ether oxygens (including phenoxy) is 1. The Morgan fingerprint density at radius 3 is 2.10 bits per heavy atom. The minimum atomic E-state index is -1.19. The molecule has 0 aliphatic carbocycles. The van der Waals surface area contributed by atoms with E-state index in [0.717, 1.165) is 28.1 Å². The molecule has 4 atom stereocenters. The monoisotopic (exact) mass is 782 g/mol. The molecule has 3 aromatic carbocycles. The summed E-state index contributed by atoms with van der Waals surface area (Å²) in [7, 11) is 2.65. The van der Waals surface area contributed by atoms with Gasteiger partial charge in [0.25, 0.3) is 5.91 Å². The minimum Gasteiger partial charge on any atom is -0.465 e. The summed E-state index contributed by atoms with van der Waals surface area (Å²) < 4.78 is 4.72. The van der Waals surface area contributed by atoms with Gasteiger partial charge in [0.15, 0.2) is 0 Å². The van der Waals surface area contributed by atoms with Crippen LogP contribution in [-0.4, -0.2) is 89.7 Å². The van der Waals surface area contributed by atoms with Crippen molar-refractivity contribution >= 4 is 24.0 Å². The number of nitrogens with one attached hydrogen (secondary N) is 4. The van der Waals surface area contributed by atoms with Gasteiger partial charge in [0.1, 0.15) is 29.4 Å². The Hall–Kier alpha value is -7.36. The van der Waals surface area contributed by atoms with Crippen LogP contribution in [0.4, 0.5) is 9.59 Å². The second-order valence-corrected chi connectivity index (χ2v) is 13.9. The highest BCUT2D eigenvalue weighted by molar-refractivity contribution is 5.88. The average molecular weight is 783 g/mol. The van der Waals surface area contributed by atoms with Crippen LogP contribution in [0.25, 0.3) is 33.9 Å². The second-order valence-electron chi connectivity index (χ2n) is 13.9. The van der Waals surface area contributed by atoms with E-state index in [2.05, 4.69) is 40.8 Å². The Labute approximate surface area is 333 Å². The molecule has 16 heteroatoms. The lowest BCUT2D eigenvalue weighted by molar-refractivity contribution is -0.137. The van der Waals surface area contributed by atoms with Gasteiger partial charge in [0, 0.05) is 19.2 Å². The largest absolute Gasteiger partial charge is 0.465 e. The van der Waals surface area contributed by atoms with E-state index in [1.165, 1.54) is 14.2 Å². The van der Waals surface area contributed by atoms with Crippen LogP contribution < -0.4 is 10.6 Å². The summed E-state index contributed by atoms with van der Waals surface area (Å²) >= 11 is 0. The van der Waals surface area contributed by atoms with E-state index in [1.807, 2.05) is 48.5 Å². The average Bonchev–Trinajstić information content (AvgIpc) is 4.06. The van der Waals surface area contributed by atoms with Crippen molar-refractivity contribution in [1.29, 1.82) is 0 Å². The molecule has 7 rings (SSSR count). The predicted molar refractivity (Wildman–Crippen MR) is 213 cm³/mol. The number of hydrogen-bond acceptors (Lipinski definition) is 9. The van der Waals surface area contributed by atoms with Crippen LogP contribution in [0.3, 0.4) is 0 Å². The quantitative estimate of drug-likeness (QED) is 0.0947. The standard InChI is InChI=1S/C42H42N10O6/c1-25(45-39(53)35(48-41(55)58-3)28-11-6-4-7-12-28)37-43-23-32(46-37)27-18-16-26(17-19-27)30-20-21-31(50-49-30)33-24-44-38(47-33)34-15-10-22-52(34)40(54)36(51(2)42(56)57)29-13-8-5-9-14-29/h4-9,11-14,16-21,23-25,34-36H,10,15,22H2,1-3H3,(H,43,46)(H,44,47)(H,45,53)(H,48,55)(H,56,57)/t25-,34-,35+,36+/m0/s1. The molecule has 0 bridgehead atoms. The molecule has 3 aromatic heterocycles. The molecule has 16 nitrogen and oxygen atoms in total. The van der Waals surface area contributed by atoms with Gasteiger partial charge in [-0.3, -0.25) is 14.5 Å². The van der Waals surface area contributed by atoms with E-state index in [0.29, 0.717) is 52.8 Å². The maximum absolute atomic E-state index is 13.9. The number of likely N-dealkylation sites (tertiary alicyclic amines) is 1. The van der Waals surface area contributed by atoms with Crippen molar-refractivity contribution in [3.8, 4) is 33.9 Å². The third kappa shape index (κ3) is 8.40. The first-order chi connectivity index (χ1) is 28.1. The molecule has 4 heterocycles. The van der Waals surface area contributed by atoms with Crippen molar-refractivity contribution in [3.63, 3.8) is 0 Å². The van der Waals surface area contributed by atoms with E-state index in [-0.39, 0.29) is 11.9 Å². The first-order valence-corrected chi connectivity index (χ1v) is 18.7. The highest BCUT2D eigenvalue weighted by Crippen LogP contribution is 2.35. The molecule has 0 unspecified atom stereocenters. The number of amides is 4. The van der Waals surface area contributed by atoms with Gasteiger partial charge in [-0.05, 0) is 48.6 Å². The number of H-pyrrole nitrogens is 2. The summed E-state index contributed by atoms with van der Waals surface area (Å²) in [4.78, 5) is 69.5. The first-order valence-electron chi connectivity index (χ1n) is 18.7. The van der Waals surface area contributed by atoms with Gasteiger partial charge in [-0.15, -0.1) is 10.2 Å². The normalized spacial score (nSPS) is 15.2. The number of hydrogen-bond donors (Lipinski definition) is 5. The number of carbonyl (C=O) groups is 4. The third-order valence-corrected chi connectivity index (χ3v) is 10.1. The smallest absolute Gasteiger partial charge is 0.407 e. The molecule has 1 fully saturated rings. The van der Waals surface area contributed by atoms with Crippen molar-refractivity contribution in [3.05, 3.63) is 132 Å². The number of benzene rings is 3. The van der Waals surface area contributed by atoms with Gasteiger partial charge in [-0.25, -0.2) is 19.6 Å². The van der Waals surface area contributed by atoms with Crippen LogP contribution in [0.5, 0.6) is 0 Å². The second kappa shape index (κ2) is 17.2. The Bertz CT molecular complexity index is 2370. The third-order valence-electron chi connectivity index (χ3n) is 10.1. The molecule has 4 amide bonds. The van der Waals surface area contributed by atoms with Crippen LogP contribution in [0.2, 0.25) is 0 Å². The fourth-order valence-electron chi connectivity index (χ4n) is 7.03. The molecule has 0 radical (unpaired) electrons. The summed E-state index contributed by atoms with van der Waals surface area (Å²) in [6.07, 6.45) is 2.88. The number of nitrogens with zero attached hydrogens (tertiary/aromatic N) is 6. The molecule has 58 heavy (non-hydrogen) atoms. The molecule has 0 saturated carbocycles. The molecule has 6 aromatic rings. The van der Waals surface area contributed by atoms with Gasteiger partial charge in [-0.2, -0.15) is 0 Å². The SMILES string of the molecule is COC(=O)N[C@@H](C(=O)N[C@@H](C)c1ncc(-c2ccc(-c3ccc(-c4cnc([C@@H]5CCCN5C(=O)[C@@H](c5ccccc5)N(C)C(=O)O)[nH]4)nn3)cc2)[nH]1)c1ccccc1. The van der Waals surface area contributed by atoms with Gasteiger partial charge in [0.05, 0.1) is 48.7 Å². The van der Waals surface area contributed by atoms with Gasteiger partial charge < -0.3 is 35.3 Å². The molecule has 1 aliphatic heterocycles. The van der Waals surface area contributed by atoms with E-state index in [1.54, 1.807) is 72.7 Å². The first kappa shape index (κ1) is 38.9. The van der Waals surface area contributed by atoms with Crippen molar-refractivity contribution in [2.24, 2.45) is 0 Å². The Balaban J connectivity index is 0.996. The molecule has 1 saturated heterocycles. The highest BCUT2D eigenvalue weighted by Gasteiger charge is 2.39. The predicted octanol–water partition coefficient (Wildman–Crippen LogP) is 6.21. The zero-order chi connectivity index (χ0) is 40.8. The summed E-state index contributed by atoms with van der Waals surface area (Å²) in [5.41, 5.74) is 5.54. The van der Waals surface area contributed by atoms with E-state index in [4.69, 9.17) is 4.74 Å². The Kier molecular flexibility index (Phi) is 11.5. The van der Waals surface area contributed by atoms with Crippen molar-refractivity contribution < 1.29 is 29.0 Å². The van der Waals surface area contributed by atoms with Crippen LogP contribution >= 0.6 is 0 Å². The zero-order valence-corrected chi connectivity index (χ0v) is 32.0. The van der Waals surface area contributed by atoms with Crippen LogP contribution in [0.15, 0.2) is 109 Å². The Morgan fingerprint density at radius 1 is 0.810 bits per heavy atom. The number of carbonyl (C=O) groups excluding carboxylic acids is 3. The molecule has 5 N–H and O–H groups in total. The number of rotatable bonds is 12. The van der Waals surface area contributed by atoms with Crippen molar-refractivity contribution in [2.75, 3.05) is 20.7 Å². The van der Waals surface area contributed by atoms with Gasteiger partial charge in [-0.1, -0.05) is 84.9 Å². The summed E-state index contributed by atoms with van der Waals surface area (Å²) in [5, 5.41) is 24.2. The number of alkyl carbamates (subject to hydrolysis) is 1. The van der Waals surface area contributed by atoms with Gasteiger partial charge in [0.2, 0.25) is 5.91 Å². The maximum atomic E-state index is 13.9. The molecular formula is C42H42N10O6. The summed E-state index contributed by atoms with van der Waals surface area (Å²) in [6.45, 7) is 2.28. The molecule has 1 aliphatic rings. The number of likely N-dealkylation sites (N-methyl/N-ethyl adjacent to an activating group) is 1. The minimum absolute atomic E-state index is 0.304. The van der Waals surface area contributed by atoms with E-state index in [9.17, 15) is 24.3 Å². The summed E-state index contributed by atoms with van der Waals surface area (Å²) in [5.74, 6) is 0.411. The lowest BCUT2D eigenvalue weighted by Gasteiger charge is -2.32. The zero-order valence-electron chi connectivity index (χ0n) is 32.0. The fraction of sp³-hybridized carbons (Fsp3) is 0.238. The Morgan fingerprint density at radius 2 is 1.45 bits per heavy atom. The number of methoxy groups -OCH3 is 1. The fourth-order valence-corrected chi connectivity index (χ4v) is 7.03. The lowest BCUT2D eigenvalue weighted by atomic mass is 10.0.